The summed E-state index contributed by atoms with van der Waals surface area (Å²) in [4.78, 5) is 7.52. The number of fused-ring (bicyclic) bond motifs is 2. The van der Waals surface area contributed by atoms with Crippen molar-refractivity contribution in [2.75, 3.05) is 33.4 Å². The second kappa shape index (κ2) is 11.8. The monoisotopic (exact) mass is 603 g/mol. The molecular formula is C34H35ClFN3O4. The van der Waals surface area contributed by atoms with E-state index in [2.05, 4.69) is 28.2 Å². The Balaban J connectivity index is 1.07. The van der Waals surface area contributed by atoms with E-state index in [-0.39, 0.29) is 18.5 Å². The summed E-state index contributed by atoms with van der Waals surface area (Å²) in [6, 6.07) is 16.9. The van der Waals surface area contributed by atoms with Crippen LogP contribution in [0.15, 0.2) is 61.2 Å². The highest BCUT2D eigenvalue weighted by Gasteiger charge is 2.31. The van der Waals surface area contributed by atoms with E-state index >= 15 is 0 Å². The van der Waals surface area contributed by atoms with Crippen LogP contribution in [0.1, 0.15) is 53.8 Å². The standard InChI is InChI=1S/C34H35ClFN3O4/c1-21(40-2)23-6-9-29-30(16-23)39(18-25-12-15-41-25)33(37-29)19-38-13-10-22(11-14-38)26-4-3-5-31-34(26)43-32(20-42-31)27-8-7-24(35)17-28(27)36/h3-9,16-17,22,25,32H,1,10-15,18-20H2,2H3/t25-,32-/m0/s1. The normalized spacial score (nSPS) is 20.6. The summed E-state index contributed by atoms with van der Waals surface area (Å²) < 4.78 is 40.7. The van der Waals surface area contributed by atoms with Gasteiger partial charge in [0, 0.05) is 28.3 Å². The molecule has 1 aromatic heterocycles. The molecule has 3 aromatic carbocycles. The number of rotatable bonds is 8. The fourth-order valence-electron chi connectivity index (χ4n) is 6.37. The molecule has 0 amide bonds. The number of nitrogens with zero attached hydrogens (tertiary/aromatic N) is 3. The quantitative estimate of drug-likeness (QED) is 0.200. The zero-order valence-corrected chi connectivity index (χ0v) is 25.0. The van der Waals surface area contributed by atoms with Crippen molar-refractivity contribution in [3.63, 3.8) is 0 Å². The number of hydrogen-bond donors (Lipinski definition) is 0. The molecule has 0 N–H and O–H groups in total. The van der Waals surface area contributed by atoms with E-state index in [0.717, 1.165) is 85.8 Å². The SMILES string of the molecule is C=C(OC)c1ccc2nc(CN3CCC(c4cccc5c4O[C@H](c4ccc(Cl)cc4F)CO5)CC3)n(C[C@@H]3CCO3)c2c1. The van der Waals surface area contributed by atoms with Crippen LogP contribution in [0.25, 0.3) is 16.8 Å². The van der Waals surface area contributed by atoms with Crippen LogP contribution in [0.3, 0.4) is 0 Å². The van der Waals surface area contributed by atoms with Crippen LogP contribution in [-0.4, -0.2) is 54.0 Å². The average Bonchev–Trinajstić information content (AvgIpc) is 3.34. The third kappa shape index (κ3) is 5.59. The summed E-state index contributed by atoms with van der Waals surface area (Å²) >= 11 is 5.98. The third-order valence-electron chi connectivity index (χ3n) is 8.94. The van der Waals surface area contributed by atoms with Crippen LogP contribution in [0.2, 0.25) is 5.02 Å². The van der Waals surface area contributed by atoms with Gasteiger partial charge in [0.15, 0.2) is 17.6 Å². The first-order valence-corrected chi connectivity index (χ1v) is 15.3. The Kier molecular flexibility index (Phi) is 7.76. The van der Waals surface area contributed by atoms with Crippen LogP contribution in [0, 0.1) is 5.82 Å². The molecule has 0 bridgehead atoms. The topological polar surface area (TPSA) is 58.0 Å². The van der Waals surface area contributed by atoms with Crippen molar-refractivity contribution in [2.45, 2.75) is 50.5 Å². The molecule has 0 spiro atoms. The molecule has 4 heterocycles. The number of benzene rings is 3. The molecule has 0 aliphatic carbocycles. The van der Waals surface area contributed by atoms with E-state index in [9.17, 15) is 4.39 Å². The molecule has 224 valence electrons. The number of hydrogen-bond acceptors (Lipinski definition) is 6. The molecule has 2 fully saturated rings. The van der Waals surface area contributed by atoms with Crippen LogP contribution < -0.4 is 9.47 Å². The number of piperidine rings is 1. The molecule has 7 rings (SSSR count). The molecule has 43 heavy (non-hydrogen) atoms. The number of likely N-dealkylation sites (tertiary alicyclic amines) is 1. The molecule has 0 radical (unpaired) electrons. The van der Waals surface area contributed by atoms with Crippen LogP contribution in [-0.2, 0) is 22.6 Å². The lowest BCUT2D eigenvalue weighted by Crippen LogP contribution is -2.35. The Labute approximate surface area is 255 Å². The number of aromatic nitrogens is 2. The Morgan fingerprint density at radius 2 is 1.93 bits per heavy atom. The van der Waals surface area contributed by atoms with Crippen molar-refractivity contribution in [3.05, 3.63) is 94.5 Å². The van der Waals surface area contributed by atoms with Crippen LogP contribution in [0.5, 0.6) is 11.5 Å². The van der Waals surface area contributed by atoms with Crippen molar-refractivity contribution in [1.82, 2.24) is 14.5 Å². The van der Waals surface area contributed by atoms with E-state index in [1.807, 2.05) is 24.3 Å². The maximum atomic E-state index is 14.7. The number of methoxy groups -OCH3 is 1. The van der Waals surface area contributed by atoms with Gasteiger partial charge in [0.05, 0.1) is 37.3 Å². The van der Waals surface area contributed by atoms with Gasteiger partial charge in [-0.1, -0.05) is 36.4 Å². The lowest BCUT2D eigenvalue weighted by atomic mass is 9.88. The highest BCUT2D eigenvalue weighted by molar-refractivity contribution is 6.30. The smallest absolute Gasteiger partial charge is 0.165 e. The van der Waals surface area contributed by atoms with Gasteiger partial charge in [-0.2, -0.15) is 0 Å². The minimum atomic E-state index is -0.528. The molecule has 0 saturated carbocycles. The lowest BCUT2D eigenvalue weighted by molar-refractivity contribution is -0.0592. The van der Waals surface area contributed by atoms with Gasteiger partial charge >= 0.3 is 0 Å². The summed E-state index contributed by atoms with van der Waals surface area (Å²) in [7, 11) is 1.64. The number of ether oxygens (including phenoxy) is 4. The van der Waals surface area contributed by atoms with E-state index in [1.54, 1.807) is 19.2 Å². The van der Waals surface area contributed by atoms with Crippen LogP contribution in [0.4, 0.5) is 4.39 Å². The molecule has 4 aromatic rings. The van der Waals surface area contributed by atoms with Crippen molar-refractivity contribution in [3.8, 4) is 11.5 Å². The first-order chi connectivity index (χ1) is 21.0. The summed E-state index contributed by atoms with van der Waals surface area (Å²) in [5.41, 5.74) is 4.58. The van der Waals surface area contributed by atoms with Crippen molar-refractivity contribution in [1.29, 1.82) is 0 Å². The molecule has 3 aliphatic rings. The highest BCUT2D eigenvalue weighted by Crippen LogP contribution is 2.45. The maximum Gasteiger partial charge on any atom is 0.165 e. The third-order valence-corrected chi connectivity index (χ3v) is 9.17. The van der Waals surface area contributed by atoms with Gasteiger partial charge in [0.1, 0.15) is 24.0 Å². The first-order valence-electron chi connectivity index (χ1n) is 14.9. The fraction of sp³-hybridized carbons (Fsp3) is 0.382. The summed E-state index contributed by atoms with van der Waals surface area (Å²) in [5.74, 6) is 3.06. The first kappa shape index (κ1) is 28.2. The minimum Gasteiger partial charge on any atom is -0.497 e. The largest absolute Gasteiger partial charge is 0.497 e. The molecule has 7 nitrogen and oxygen atoms in total. The van der Waals surface area contributed by atoms with Gasteiger partial charge in [-0.05, 0) is 74.7 Å². The summed E-state index contributed by atoms with van der Waals surface area (Å²) in [6.07, 6.45) is 2.70. The van der Waals surface area contributed by atoms with E-state index in [1.165, 1.54) is 6.07 Å². The van der Waals surface area contributed by atoms with Crippen molar-refractivity contribution < 1.29 is 23.3 Å². The van der Waals surface area contributed by atoms with E-state index in [0.29, 0.717) is 28.0 Å². The van der Waals surface area contributed by atoms with Gasteiger partial charge < -0.3 is 23.5 Å². The second-order valence-electron chi connectivity index (χ2n) is 11.6. The van der Waals surface area contributed by atoms with E-state index < -0.39 is 6.10 Å². The highest BCUT2D eigenvalue weighted by atomic mass is 35.5. The zero-order chi connectivity index (χ0) is 29.5. The fourth-order valence-corrected chi connectivity index (χ4v) is 6.53. The van der Waals surface area contributed by atoms with Crippen molar-refractivity contribution >= 4 is 28.4 Å². The van der Waals surface area contributed by atoms with Crippen LogP contribution >= 0.6 is 11.6 Å². The number of imidazole rings is 1. The predicted molar refractivity (Wildman–Crippen MR) is 164 cm³/mol. The molecular weight excluding hydrogens is 569 g/mol. The summed E-state index contributed by atoms with van der Waals surface area (Å²) in [6.45, 7) is 8.51. The van der Waals surface area contributed by atoms with E-state index in [4.69, 9.17) is 35.5 Å². The number of para-hydroxylation sites is 1. The van der Waals surface area contributed by atoms with Gasteiger partial charge in [-0.3, -0.25) is 4.90 Å². The molecule has 2 saturated heterocycles. The molecule has 9 heteroatoms. The van der Waals surface area contributed by atoms with Gasteiger partial charge in [0.2, 0.25) is 0 Å². The Morgan fingerprint density at radius 3 is 2.67 bits per heavy atom. The van der Waals surface area contributed by atoms with Crippen molar-refractivity contribution in [2.24, 2.45) is 0 Å². The van der Waals surface area contributed by atoms with Gasteiger partial charge in [0.25, 0.3) is 0 Å². The summed E-state index contributed by atoms with van der Waals surface area (Å²) in [5, 5.41) is 0.361. The Hall–Kier alpha value is -3.59. The molecule has 2 atom stereocenters. The zero-order valence-electron chi connectivity index (χ0n) is 24.2. The Morgan fingerprint density at radius 1 is 1.09 bits per heavy atom. The average molecular weight is 604 g/mol. The predicted octanol–water partition coefficient (Wildman–Crippen LogP) is 7.13. The lowest BCUT2D eigenvalue weighted by Gasteiger charge is -2.35. The molecule has 0 unspecified atom stereocenters. The second-order valence-corrected chi connectivity index (χ2v) is 12.0. The van der Waals surface area contributed by atoms with Gasteiger partial charge in [-0.25, -0.2) is 9.37 Å². The maximum absolute atomic E-state index is 14.7. The minimum absolute atomic E-state index is 0.216. The van der Waals surface area contributed by atoms with Gasteiger partial charge in [-0.15, -0.1) is 0 Å². The Bertz CT molecular complexity index is 1660. The molecule has 3 aliphatic heterocycles. The number of halogens is 2.